The number of halogens is 2. The van der Waals surface area contributed by atoms with Crippen LogP contribution in [0.2, 0.25) is 0 Å². The van der Waals surface area contributed by atoms with E-state index < -0.39 is 27.9 Å². The van der Waals surface area contributed by atoms with Crippen LogP contribution < -0.4 is 0 Å². The summed E-state index contributed by atoms with van der Waals surface area (Å²) < 4.78 is 45.3. The number of benzene rings is 1. The van der Waals surface area contributed by atoms with Crippen molar-refractivity contribution in [2.45, 2.75) is 23.6 Å². The molecule has 0 aliphatic rings. The molecule has 0 saturated heterocycles. The third kappa shape index (κ3) is 2.68. The van der Waals surface area contributed by atoms with Gasteiger partial charge in [-0.15, -0.1) is 0 Å². The molecule has 0 bridgehead atoms. The molecule has 0 radical (unpaired) electrons. The van der Waals surface area contributed by atoms with Crippen LogP contribution in [0.5, 0.6) is 0 Å². The summed E-state index contributed by atoms with van der Waals surface area (Å²) in [6.07, 6.45) is 0. The summed E-state index contributed by atoms with van der Waals surface area (Å²) in [6, 6.07) is 2.94. The third-order valence-electron chi connectivity index (χ3n) is 1.99. The van der Waals surface area contributed by atoms with Crippen molar-refractivity contribution in [3.8, 4) is 0 Å². The van der Waals surface area contributed by atoms with E-state index >= 15 is 0 Å². The first-order chi connectivity index (χ1) is 7.05. The van der Waals surface area contributed by atoms with Crippen LogP contribution in [-0.4, -0.2) is 16.8 Å². The highest BCUT2D eigenvalue weighted by Crippen LogP contribution is 2.32. The van der Waals surface area contributed by atoms with Gasteiger partial charge in [-0.2, -0.15) is 0 Å². The molecule has 1 aromatic rings. The van der Waals surface area contributed by atoms with Crippen molar-refractivity contribution >= 4 is 39.5 Å². The van der Waals surface area contributed by atoms with Crippen molar-refractivity contribution in [3.05, 3.63) is 23.3 Å². The molecular formula is C8H8Cl2O4S2. The van der Waals surface area contributed by atoms with Crippen LogP contribution in [0.15, 0.2) is 21.9 Å². The van der Waals surface area contributed by atoms with Crippen molar-refractivity contribution in [1.82, 2.24) is 0 Å². The molecule has 0 aliphatic carbocycles. The lowest BCUT2D eigenvalue weighted by atomic mass is 10.2. The van der Waals surface area contributed by atoms with Gasteiger partial charge >= 0.3 is 0 Å². The van der Waals surface area contributed by atoms with Gasteiger partial charge in [0.25, 0.3) is 18.1 Å². The largest absolute Gasteiger partial charge is 0.262 e. The molecule has 16 heavy (non-hydrogen) atoms. The van der Waals surface area contributed by atoms with Gasteiger partial charge in [-0.1, -0.05) is 12.1 Å². The summed E-state index contributed by atoms with van der Waals surface area (Å²) in [5.74, 6) is 0. The molecule has 0 N–H and O–H groups in total. The summed E-state index contributed by atoms with van der Waals surface area (Å²) in [5, 5.41) is 0. The molecule has 0 heterocycles. The molecule has 0 fully saturated rings. The van der Waals surface area contributed by atoms with E-state index in [1.807, 2.05) is 0 Å². The summed E-state index contributed by atoms with van der Waals surface area (Å²) in [5.41, 5.74) is 0.472. The zero-order valence-electron chi connectivity index (χ0n) is 8.36. The Morgan fingerprint density at radius 1 is 0.812 bits per heavy atom. The van der Waals surface area contributed by atoms with E-state index in [9.17, 15) is 16.8 Å². The third-order valence-corrected chi connectivity index (χ3v) is 5.08. The second-order valence-corrected chi connectivity index (χ2v) is 8.24. The lowest BCUT2D eigenvalue weighted by molar-refractivity contribution is 0.595. The fourth-order valence-electron chi connectivity index (χ4n) is 1.37. The Kier molecular flexibility index (Phi) is 3.59. The van der Waals surface area contributed by atoms with E-state index in [1.54, 1.807) is 0 Å². The molecule has 8 heteroatoms. The van der Waals surface area contributed by atoms with Gasteiger partial charge in [-0.3, -0.25) is 0 Å². The molecule has 0 spiro atoms. The second kappa shape index (κ2) is 4.18. The van der Waals surface area contributed by atoms with Gasteiger partial charge in [0.05, 0.1) is 0 Å². The maximum atomic E-state index is 11.3. The molecule has 0 amide bonds. The highest BCUT2D eigenvalue weighted by Gasteiger charge is 2.27. The molecule has 4 nitrogen and oxygen atoms in total. The van der Waals surface area contributed by atoms with Crippen molar-refractivity contribution < 1.29 is 16.8 Å². The molecule has 1 rings (SSSR count). The van der Waals surface area contributed by atoms with Crippen LogP contribution in [-0.2, 0) is 18.1 Å². The van der Waals surface area contributed by atoms with Crippen molar-refractivity contribution in [3.63, 3.8) is 0 Å². The monoisotopic (exact) mass is 302 g/mol. The average molecular weight is 303 g/mol. The lowest BCUT2D eigenvalue weighted by Gasteiger charge is -2.09. The summed E-state index contributed by atoms with van der Waals surface area (Å²) in [4.78, 5) is -0.909. The van der Waals surface area contributed by atoms with Crippen LogP contribution in [0.25, 0.3) is 0 Å². The first kappa shape index (κ1) is 13.8. The van der Waals surface area contributed by atoms with E-state index in [0.717, 1.165) is 0 Å². The van der Waals surface area contributed by atoms with Crippen molar-refractivity contribution in [2.75, 3.05) is 0 Å². The standard InChI is InChI=1S/C8H8Cl2O4S2/c1-5-3-4-6(2)8(16(10,13)14)7(5)15(9,11)12/h3-4H,1-2H3. The van der Waals surface area contributed by atoms with Gasteiger partial charge in [0.1, 0.15) is 9.79 Å². The predicted molar refractivity (Wildman–Crippen MR) is 62.0 cm³/mol. The zero-order valence-corrected chi connectivity index (χ0v) is 11.5. The Morgan fingerprint density at radius 2 is 1.06 bits per heavy atom. The quantitative estimate of drug-likeness (QED) is 0.785. The van der Waals surface area contributed by atoms with Gasteiger partial charge in [0, 0.05) is 21.4 Å². The van der Waals surface area contributed by atoms with E-state index in [0.29, 0.717) is 0 Å². The Bertz CT molecular complexity index is 575. The van der Waals surface area contributed by atoms with E-state index in [2.05, 4.69) is 0 Å². The highest BCUT2D eigenvalue weighted by atomic mass is 35.7. The number of rotatable bonds is 2. The predicted octanol–water partition coefficient (Wildman–Crippen LogP) is 2.16. The van der Waals surface area contributed by atoms with Crippen molar-refractivity contribution in [1.29, 1.82) is 0 Å². The Hall–Kier alpha value is -0.300. The minimum Gasteiger partial charge on any atom is -0.207 e. The topological polar surface area (TPSA) is 68.3 Å². The normalized spacial score (nSPS) is 12.8. The molecule has 0 aromatic heterocycles. The van der Waals surface area contributed by atoms with Crippen LogP contribution in [0.1, 0.15) is 11.1 Å². The molecule has 0 aliphatic heterocycles. The minimum absolute atomic E-state index is 0.236. The Balaban J connectivity index is 3.93. The van der Waals surface area contributed by atoms with Gasteiger partial charge in [0.2, 0.25) is 0 Å². The molecular weight excluding hydrogens is 295 g/mol. The summed E-state index contributed by atoms with van der Waals surface area (Å²) in [7, 11) is 2.07. The van der Waals surface area contributed by atoms with Crippen LogP contribution in [0.3, 0.4) is 0 Å². The Labute approximate surface area is 103 Å². The SMILES string of the molecule is Cc1ccc(C)c(S(=O)(=O)Cl)c1S(=O)(=O)Cl. The zero-order chi connectivity index (χ0) is 12.7. The number of aryl methyl sites for hydroxylation is 2. The second-order valence-electron chi connectivity index (χ2n) is 3.23. The average Bonchev–Trinajstić information content (AvgIpc) is 2.04. The summed E-state index contributed by atoms with van der Waals surface area (Å²) in [6.45, 7) is 2.89. The van der Waals surface area contributed by atoms with Crippen molar-refractivity contribution in [2.24, 2.45) is 0 Å². The van der Waals surface area contributed by atoms with Gasteiger partial charge in [0.15, 0.2) is 0 Å². The van der Waals surface area contributed by atoms with Gasteiger partial charge in [-0.05, 0) is 25.0 Å². The first-order valence-electron chi connectivity index (χ1n) is 4.04. The molecule has 0 unspecified atom stereocenters. The molecule has 90 valence electrons. The maximum Gasteiger partial charge on any atom is 0.262 e. The van der Waals surface area contributed by atoms with Gasteiger partial charge < -0.3 is 0 Å². The Morgan fingerprint density at radius 3 is 1.25 bits per heavy atom. The highest BCUT2D eigenvalue weighted by molar-refractivity contribution is 8.16. The smallest absolute Gasteiger partial charge is 0.207 e. The molecule has 0 atom stereocenters. The fourth-order valence-corrected chi connectivity index (χ4v) is 5.16. The maximum absolute atomic E-state index is 11.3. The molecule has 0 saturated carbocycles. The van der Waals surface area contributed by atoms with Gasteiger partial charge in [-0.25, -0.2) is 16.8 Å². The van der Waals surface area contributed by atoms with Crippen LogP contribution in [0, 0.1) is 13.8 Å². The summed E-state index contributed by atoms with van der Waals surface area (Å²) >= 11 is 0. The van der Waals surface area contributed by atoms with Crippen LogP contribution in [0.4, 0.5) is 0 Å². The minimum atomic E-state index is -4.16. The number of hydrogen-bond acceptors (Lipinski definition) is 4. The number of hydrogen-bond donors (Lipinski definition) is 0. The van der Waals surface area contributed by atoms with E-state index in [4.69, 9.17) is 21.4 Å². The van der Waals surface area contributed by atoms with E-state index in [1.165, 1.54) is 26.0 Å². The fraction of sp³-hybridized carbons (Fsp3) is 0.250. The molecule has 1 aromatic carbocycles. The first-order valence-corrected chi connectivity index (χ1v) is 8.66. The lowest BCUT2D eigenvalue weighted by Crippen LogP contribution is -2.06. The van der Waals surface area contributed by atoms with Crippen LogP contribution >= 0.6 is 21.4 Å². The van der Waals surface area contributed by atoms with E-state index in [-0.39, 0.29) is 11.1 Å².